The molecule has 1 aliphatic rings. The normalized spacial score (nSPS) is 26.6. The second kappa shape index (κ2) is 3.30. The van der Waals surface area contributed by atoms with Crippen molar-refractivity contribution in [1.82, 2.24) is 4.98 Å². The highest BCUT2D eigenvalue weighted by Gasteiger charge is 2.27. The summed E-state index contributed by atoms with van der Waals surface area (Å²) in [5, 5.41) is 0. The summed E-state index contributed by atoms with van der Waals surface area (Å²) < 4.78 is 18.1. The van der Waals surface area contributed by atoms with Crippen LogP contribution < -0.4 is 10.5 Å². The zero-order valence-electron chi connectivity index (χ0n) is 7.11. The molecule has 4 heteroatoms. The van der Waals surface area contributed by atoms with Gasteiger partial charge in [0.25, 0.3) is 0 Å². The molecule has 1 heterocycles. The Morgan fingerprint density at radius 3 is 2.85 bits per heavy atom. The Bertz CT molecular complexity index is 299. The lowest BCUT2D eigenvalue weighted by Gasteiger charge is -2.32. The van der Waals surface area contributed by atoms with E-state index in [4.69, 9.17) is 10.5 Å². The first-order valence-electron chi connectivity index (χ1n) is 4.27. The summed E-state index contributed by atoms with van der Waals surface area (Å²) >= 11 is 0. The summed E-state index contributed by atoms with van der Waals surface area (Å²) in [5.41, 5.74) is 5.58. The lowest BCUT2D eigenvalue weighted by atomic mass is 9.90. The van der Waals surface area contributed by atoms with Crippen LogP contribution in [0.1, 0.15) is 12.8 Å². The van der Waals surface area contributed by atoms with Gasteiger partial charge in [0.05, 0.1) is 12.4 Å². The van der Waals surface area contributed by atoms with Crippen molar-refractivity contribution < 1.29 is 9.13 Å². The van der Waals surface area contributed by atoms with Gasteiger partial charge in [-0.25, -0.2) is 4.39 Å². The molecule has 0 bridgehead atoms. The van der Waals surface area contributed by atoms with Crippen LogP contribution in [0.25, 0.3) is 0 Å². The fraction of sp³-hybridized carbons (Fsp3) is 0.444. The topological polar surface area (TPSA) is 48.1 Å². The molecule has 0 aromatic carbocycles. The molecule has 0 unspecified atom stereocenters. The molecule has 3 nitrogen and oxygen atoms in total. The monoisotopic (exact) mass is 182 g/mol. The van der Waals surface area contributed by atoms with Crippen LogP contribution in [-0.4, -0.2) is 17.1 Å². The molecule has 13 heavy (non-hydrogen) atoms. The van der Waals surface area contributed by atoms with E-state index in [9.17, 15) is 4.39 Å². The Labute approximate surface area is 75.7 Å². The van der Waals surface area contributed by atoms with Crippen LogP contribution in [0.5, 0.6) is 5.75 Å². The first kappa shape index (κ1) is 8.44. The summed E-state index contributed by atoms with van der Waals surface area (Å²) in [5.74, 6) is 0.109. The van der Waals surface area contributed by atoms with E-state index in [1.165, 1.54) is 12.3 Å². The SMILES string of the molecule is NC1CC(Oc2cncc(F)c2)C1. The maximum atomic E-state index is 12.6. The molecular weight excluding hydrogens is 171 g/mol. The number of nitrogens with zero attached hydrogens (tertiary/aromatic N) is 1. The number of rotatable bonds is 2. The molecule has 0 atom stereocenters. The van der Waals surface area contributed by atoms with Crippen LogP contribution in [-0.2, 0) is 0 Å². The van der Waals surface area contributed by atoms with E-state index >= 15 is 0 Å². The number of ether oxygens (including phenoxy) is 1. The Hall–Kier alpha value is -1.16. The third kappa shape index (κ3) is 1.95. The third-order valence-corrected chi connectivity index (χ3v) is 2.11. The van der Waals surface area contributed by atoms with Gasteiger partial charge in [-0.15, -0.1) is 0 Å². The molecule has 1 fully saturated rings. The standard InChI is InChI=1S/C9H11FN2O/c10-6-1-9(5-12-4-6)13-8-2-7(11)3-8/h1,4-5,7-8H,2-3,11H2. The van der Waals surface area contributed by atoms with Crippen molar-refractivity contribution in [2.45, 2.75) is 25.0 Å². The number of aromatic nitrogens is 1. The predicted octanol–water partition coefficient (Wildman–Crippen LogP) is 1.09. The molecule has 0 amide bonds. The van der Waals surface area contributed by atoms with Gasteiger partial charge in [0.1, 0.15) is 17.7 Å². The number of hydrogen-bond acceptors (Lipinski definition) is 3. The fourth-order valence-corrected chi connectivity index (χ4v) is 1.35. The highest BCUT2D eigenvalue weighted by atomic mass is 19.1. The van der Waals surface area contributed by atoms with Gasteiger partial charge in [0, 0.05) is 12.1 Å². The van der Waals surface area contributed by atoms with E-state index in [1.807, 2.05) is 0 Å². The van der Waals surface area contributed by atoms with Crippen LogP contribution >= 0.6 is 0 Å². The Balaban J connectivity index is 1.94. The fourth-order valence-electron chi connectivity index (χ4n) is 1.35. The maximum Gasteiger partial charge on any atom is 0.145 e. The molecule has 1 aliphatic carbocycles. The van der Waals surface area contributed by atoms with Crippen LogP contribution in [0.2, 0.25) is 0 Å². The van der Waals surface area contributed by atoms with Crippen LogP contribution in [0, 0.1) is 5.82 Å². The Morgan fingerprint density at radius 1 is 1.46 bits per heavy atom. The van der Waals surface area contributed by atoms with E-state index in [1.54, 1.807) is 0 Å². The van der Waals surface area contributed by atoms with Gasteiger partial charge in [-0.3, -0.25) is 4.98 Å². The minimum Gasteiger partial charge on any atom is -0.489 e. The summed E-state index contributed by atoms with van der Waals surface area (Å²) in [6, 6.07) is 1.57. The van der Waals surface area contributed by atoms with Crippen LogP contribution in [0.4, 0.5) is 4.39 Å². The van der Waals surface area contributed by atoms with Gasteiger partial charge < -0.3 is 10.5 Å². The lowest BCUT2D eigenvalue weighted by Crippen LogP contribution is -2.43. The number of pyridine rings is 1. The number of halogens is 1. The van der Waals surface area contributed by atoms with Crippen molar-refractivity contribution in [2.24, 2.45) is 5.73 Å². The van der Waals surface area contributed by atoms with Crippen molar-refractivity contribution in [3.05, 3.63) is 24.3 Å². The zero-order valence-corrected chi connectivity index (χ0v) is 7.11. The average molecular weight is 182 g/mol. The lowest BCUT2D eigenvalue weighted by molar-refractivity contribution is 0.100. The Kier molecular flexibility index (Phi) is 2.14. The summed E-state index contributed by atoms with van der Waals surface area (Å²) in [4.78, 5) is 3.68. The van der Waals surface area contributed by atoms with Gasteiger partial charge in [-0.1, -0.05) is 0 Å². The second-order valence-electron chi connectivity index (χ2n) is 3.31. The minimum atomic E-state index is -0.374. The van der Waals surface area contributed by atoms with Gasteiger partial charge in [-0.2, -0.15) is 0 Å². The molecule has 2 rings (SSSR count). The molecular formula is C9H11FN2O. The van der Waals surface area contributed by atoms with Gasteiger partial charge >= 0.3 is 0 Å². The molecule has 0 saturated heterocycles. The van der Waals surface area contributed by atoms with Crippen molar-refractivity contribution in [2.75, 3.05) is 0 Å². The predicted molar refractivity (Wildman–Crippen MR) is 45.8 cm³/mol. The average Bonchev–Trinajstić information content (AvgIpc) is 2.01. The van der Waals surface area contributed by atoms with Crippen molar-refractivity contribution >= 4 is 0 Å². The zero-order chi connectivity index (χ0) is 9.26. The summed E-state index contributed by atoms with van der Waals surface area (Å²) in [6.45, 7) is 0. The largest absolute Gasteiger partial charge is 0.489 e. The minimum absolute atomic E-state index is 0.138. The molecule has 0 aliphatic heterocycles. The van der Waals surface area contributed by atoms with Crippen molar-refractivity contribution in [1.29, 1.82) is 0 Å². The van der Waals surface area contributed by atoms with E-state index in [-0.39, 0.29) is 18.0 Å². The Morgan fingerprint density at radius 2 is 2.23 bits per heavy atom. The molecule has 1 aromatic heterocycles. The van der Waals surface area contributed by atoms with Crippen LogP contribution in [0.15, 0.2) is 18.5 Å². The summed E-state index contributed by atoms with van der Waals surface area (Å²) in [6.07, 6.45) is 4.48. The van der Waals surface area contributed by atoms with Gasteiger partial charge in [0.15, 0.2) is 0 Å². The van der Waals surface area contributed by atoms with E-state index in [2.05, 4.69) is 4.98 Å². The molecule has 0 spiro atoms. The quantitative estimate of drug-likeness (QED) is 0.744. The first-order valence-corrected chi connectivity index (χ1v) is 4.27. The van der Waals surface area contributed by atoms with Crippen molar-refractivity contribution in [3.63, 3.8) is 0 Å². The van der Waals surface area contributed by atoms with E-state index < -0.39 is 0 Å². The molecule has 1 saturated carbocycles. The highest BCUT2D eigenvalue weighted by Crippen LogP contribution is 2.24. The number of nitrogens with two attached hydrogens (primary N) is 1. The molecule has 0 radical (unpaired) electrons. The maximum absolute atomic E-state index is 12.6. The molecule has 70 valence electrons. The van der Waals surface area contributed by atoms with Crippen LogP contribution in [0.3, 0.4) is 0 Å². The van der Waals surface area contributed by atoms with Crippen molar-refractivity contribution in [3.8, 4) is 5.75 Å². The van der Waals surface area contributed by atoms with Gasteiger partial charge in [0.2, 0.25) is 0 Å². The van der Waals surface area contributed by atoms with E-state index in [0.717, 1.165) is 19.0 Å². The van der Waals surface area contributed by atoms with E-state index in [0.29, 0.717) is 5.75 Å². The smallest absolute Gasteiger partial charge is 0.145 e. The molecule has 1 aromatic rings. The van der Waals surface area contributed by atoms with Gasteiger partial charge in [-0.05, 0) is 12.8 Å². The summed E-state index contributed by atoms with van der Waals surface area (Å²) in [7, 11) is 0. The first-order chi connectivity index (χ1) is 6.24. The highest BCUT2D eigenvalue weighted by molar-refractivity contribution is 5.17. The third-order valence-electron chi connectivity index (χ3n) is 2.11. The molecule has 2 N–H and O–H groups in total. The second-order valence-corrected chi connectivity index (χ2v) is 3.31. The number of hydrogen-bond donors (Lipinski definition) is 1.